The molecule has 6 nitrogen and oxygen atoms in total. The lowest BCUT2D eigenvalue weighted by Crippen LogP contribution is -2.42. The lowest BCUT2D eigenvalue weighted by molar-refractivity contribution is -0.141. The zero-order valence-corrected chi connectivity index (χ0v) is 18.0. The molecule has 3 aromatic carbocycles. The summed E-state index contributed by atoms with van der Waals surface area (Å²) in [7, 11) is 3.08. The second-order valence-electron chi connectivity index (χ2n) is 7.65. The van der Waals surface area contributed by atoms with Crippen LogP contribution in [0.2, 0.25) is 0 Å². The number of aliphatic carboxylic acids is 1. The maximum Gasteiger partial charge on any atom is 0.326 e. The second-order valence-corrected chi connectivity index (χ2v) is 7.65. The fourth-order valence-corrected chi connectivity index (χ4v) is 4.49. The third-order valence-electron chi connectivity index (χ3n) is 5.95. The zero-order chi connectivity index (χ0) is 22.7. The van der Waals surface area contributed by atoms with Crippen molar-refractivity contribution in [3.63, 3.8) is 0 Å². The number of benzene rings is 3. The normalized spacial score (nSPS) is 17.8. The first-order valence-corrected chi connectivity index (χ1v) is 10.5. The number of rotatable bonds is 6. The Hall–Kier alpha value is -3.80. The maximum absolute atomic E-state index is 14.1. The predicted molar refractivity (Wildman–Crippen MR) is 121 cm³/mol. The van der Waals surface area contributed by atoms with Crippen LogP contribution in [0.4, 0.5) is 0 Å². The van der Waals surface area contributed by atoms with Crippen LogP contribution < -0.4 is 9.47 Å². The second kappa shape index (κ2) is 9.14. The van der Waals surface area contributed by atoms with E-state index in [0.717, 1.165) is 11.1 Å². The van der Waals surface area contributed by atoms with Crippen LogP contribution in [0.3, 0.4) is 0 Å². The highest BCUT2D eigenvalue weighted by Crippen LogP contribution is 2.43. The van der Waals surface area contributed by atoms with Gasteiger partial charge in [-0.15, -0.1) is 0 Å². The quantitative estimate of drug-likeness (QED) is 0.607. The van der Waals surface area contributed by atoms with Crippen molar-refractivity contribution in [2.75, 3.05) is 14.2 Å². The number of methoxy groups -OCH3 is 2. The van der Waals surface area contributed by atoms with Gasteiger partial charge in [-0.1, -0.05) is 60.7 Å². The Morgan fingerprint density at radius 1 is 0.844 bits per heavy atom. The van der Waals surface area contributed by atoms with Crippen LogP contribution in [0.25, 0.3) is 11.1 Å². The summed E-state index contributed by atoms with van der Waals surface area (Å²) < 4.78 is 11.1. The number of ether oxygens (including phenoxy) is 2. The molecule has 0 saturated carbocycles. The Morgan fingerprint density at radius 2 is 1.50 bits per heavy atom. The summed E-state index contributed by atoms with van der Waals surface area (Å²) in [6, 6.07) is 21.0. The van der Waals surface area contributed by atoms with Crippen molar-refractivity contribution in [2.24, 2.45) is 0 Å². The Kier molecular flexibility index (Phi) is 6.12. The molecular weight excluding hydrogens is 406 g/mol. The van der Waals surface area contributed by atoms with Crippen LogP contribution >= 0.6 is 0 Å². The average Bonchev–Trinajstić information content (AvgIpc) is 3.29. The van der Waals surface area contributed by atoms with Crippen molar-refractivity contribution in [3.8, 4) is 22.6 Å². The van der Waals surface area contributed by atoms with Crippen molar-refractivity contribution >= 4 is 11.9 Å². The molecule has 1 fully saturated rings. The summed E-state index contributed by atoms with van der Waals surface area (Å²) >= 11 is 0. The molecular formula is C26H25NO5. The molecule has 0 spiro atoms. The van der Waals surface area contributed by atoms with E-state index in [9.17, 15) is 14.7 Å². The lowest BCUT2D eigenvalue weighted by atomic mass is 9.96. The van der Waals surface area contributed by atoms with Gasteiger partial charge in [0.15, 0.2) is 0 Å². The summed E-state index contributed by atoms with van der Waals surface area (Å²) in [5, 5.41) is 9.93. The highest BCUT2D eigenvalue weighted by atomic mass is 16.5. The van der Waals surface area contributed by atoms with Crippen molar-refractivity contribution in [3.05, 3.63) is 83.9 Å². The zero-order valence-electron chi connectivity index (χ0n) is 18.0. The largest absolute Gasteiger partial charge is 0.496 e. The number of likely N-dealkylation sites (tertiary alicyclic amines) is 1. The van der Waals surface area contributed by atoms with E-state index in [1.54, 1.807) is 13.2 Å². The molecule has 164 valence electrons. The number of hydrogen-bond donors (Lipinski definition) is 1. The van der Waals surface area contributed by atoms with Crippen LogP contribution in [0.1, 0.15) is 34.8 Å². The Bertz CT molecular complexity index is 1130. The summed E-state index contributed by atoms with van der Waals surface area (Å²) in [6.07, 6.45) is 0.887. The first-order valence-electron chi connectivity index (χ1n) is 10.5. The molecule has 0 aliphatic carbocycles. The van der Waals surface area contributed by atoms with Gasteiger partial charge in [0.05, 0.1) is 25.8 Å². The molecule has 1 saturated heterocycles. The number of para-hydroxylation sites is 1. The van der Waals surface area contributed by atoms with Gasteiger partial charge in [-0.2, -0.15) is 0 Å². The van der Waals surface area contributed by atoms with E-state index in [0.29, 0.717) is 35.5 Å². The predicted octanol–water partition coefficient (Wildman–Crippen LogP) is 4.80. The number of carbonyl (C=O) groups is 2. The molecule has 1 aliphatic heterocycles. The summed E-state index contributed by atoms with van der Waals surface area (Å²) in [4.78, 5) is 27.7. The van der Waals surface area contributed by atoms with E-state index in [-0.39, 0.29) is 5.91 Å². The summed E-state index contributed by atoms with van der Waals surface area (Å²) in [5.41, 5.74) is 2.71. The smallest absolute Gasteiger partial charge is 0.326 e. The number of carboxylic acid groups (broad SMARTS) is 1. The van der Waals surface area contributed by atoms with Gasteiger partial charge < -0.3 is 19.5 Å². The van der Waals surface area contributed by atoms with Gasteiger partial charge in [0, 0.05) is 5.56 Å². The van der Waals surface area contributed by atoms with Gasteiger partial charge in [-0.05, 0) is 36.1 Å². The van der Waals surface area contributed by atoms with Crippen molar-refractivity contribution < 1.29 is 24.2 Å². The molecule has 4 rings (SSSR count). The molecule has 0 bridgehead atoms. The monoisotopic (exact) mass is 431 g/mol. The molecule has 1 amide bonds. The first-order chi connectivity index (χ1) is 15.6. The third kappa shape index (κ3) is 3.80. The topological polar surface area (TPSA) is 76.1 Å². The van der Waals surface area contributed by atoms with Gasteiger partial charge in [0.2, 0.25) is 0 Å². The fraction of sp³-hybridized carbons (Fsp3) is 0.231. The van der Waals surface area contributed by atoms with Gasteiger partial charge in [0.25, 0.3) is 5.91 Å². The summed E-state index contributed by atoms with van der Waals surface area (Å²) in [5.74, 6) is -0.357. The van der Waals surface area contributed by atoms with Crippen molar-refractivity contribution in [2.45, 2.75) is 24.9 Å². The molecule has 2 atom stereocenters. The van der Waals surface area contributed by atoms with Crippen LogP contribution in [0, 0.1) is 0 Å². The Labute approximate surface area is 187 Å². The number of hydrogen-bond acceptors (Lipinski definition) is 4. The van der Waals surface area contributed by atoms with Crippen LogP contribution in [0.5, 0.6) is 11.5 Å². The molecule has 32 heavy (non-hydrogen) atoms. The minimum absolute atomic E-state index is 0.356. The van der Waals surface area contributed by atoms with E-state index in [1.807, 2.05) is 66.7 Å². The standard InChI is InChI=1S/C26H25NO5/c1-31-22-13-7-6-11-19(22)20-15-16-21(26(29)30)27(20)25(28)24-18(12-8-14-23(24)32-2)17-9-4-3-5-10-17/h3-14,20-21H,15-16H2,1-2H3,(H,29,30). The molecule has 0 radical (unpaired) electrons. The van der Waals surface area contributed by atoms with Gasteiger partial charge in [0.1, 0.15) is 17.5 Å². The molecule has 1 aliphatic rings. The highest BCUT2D eigenvalue weighted by Gasteiger charge is 2.44. The SMILES string of the molecule is COc1ccccc1C1CCC(C(=O)O)N1C(=O)c1c(OC)cccc1-c1ccccc1. The van der Waals surface area contributed by atoms with Gasteiger partial charge in [-0.3, -0.25) is 4.79 Å². The fourth-order valence-electron chi connectivity index (χ4n) is 4.49. The maximum atomic E-state index is 14.1. The summed E-state index contributed by atoms with van der Waals surface area (Å²) in [6.45, 7) is 0. The molecule has 6 heteroatoms. The van der Waals surface area contributed by atoms with Crippen LogP contribution in [0.15, 0.2) is 72.8 Å². The van der Waals surface area contributed by atoms with E-state index in [4.69, 9.17) is 9.47 Å². The van der Waals surface area contributed by atoms with Crippen molar-refractivity contribution in [1.29, 1.82) is 0 Å². The van der Waals surface area contributed by atoms with Crippen molar-refractivity contribution in [1.82, 2.24) is 4.90 Å². The molecule has 1 heterocycles. The van der Waals surface area contributed by atoms with E-state index in [2.05, 4.69) is 0 Å². The Balaban J connectivity index is 1.87. The first kappa shape index (κ1) is 21.4. The van der Waals surface area contributed by atoms with Gasteiger partial charge >= 0.3 is 5.97 Å². The minimum atomic E-state index is -1.02. The van der Waals surface area contributed by atoms with E-state index < -0.39 is 18.1 Å². The molecule has 1 N–H and O–H groups in total. The third-order valence-corrected chi connectivity index (χ3v) is 5.95. The molecule has 2 unspecified atom stereocenters. The molecule has 0 aromatic heterocycles. The number of carboxylic acids is 1. The highest BCUT2D eigenvalue weighted by molar-refractivity contribution is 6.05. The lowest BCUT2D eigenvalue weighted by Gasteiger charge is -2.30. The Morgan fingerprint density at radius 3 is 2.19 bits per heavy atom. The van der Waals surface area contributed by atoms with E-state index in [1.165, 1.54) is 12.0 Å². The number of nitrogens with zero attached hydrogens (tertiary/aromatic N) is 1. The van der Waals surface area contributed by atoms with E-state index >= 15 is 0 Å². The molecule has 3 aromatic rings. The van der Waals surface area contributed by atoms with Crippen LogP contribution in [-0.4, -0.2) is 42.1 Å². The number of carbonyl (C=O) groups excluding carboxylic acids is 1. The average molecular weight is 431 g/mol. The minimum Gasteiger partial charge on any atom is -0.496 e. The van der Waals surface area contributed by atoms with Gasteiger partial charge in [-0.25, -0.2) is 4.79 Å². The van der Waals surface area contributed by atoms with Crippen LogP contribution in [-0.2, 0) is 4.79 Å². The number of amides is 1.